The van der Waals surface area contributed by atoms with Crippen molar-refractivity contribution >= 4 is 10.8 Å². The van der Waals surface area contributed by atoms with Crippen molar-refractivity contribution in [2.24, 2.45) is 5.73 Å². The van der Waals surface area contributed by atoms with Gasteiger partial charge in [0.25, 0.3) is 0 Å². The molecule has 3 heteroatoms. The number of nitrogens with two attached hydrogens (primary N) is 1. The van der Waals surface area contributed by atoms with E-state index in [9.17, 15) is 5.11 Å². The molecule has 3 rings (SSSR count). The zero-order valence-electron chi connectivity index (χ0n) is 10.4. The van der Waals surface area contributed by atoms with E-state index in [4.69, 9.17) is 10.5 Å². The highest BCUT2D eigenvalue weighted by atomic mass is 16.5. The van der Waals surface area contributed by atoms with Gasteiger partial charge in [-0.05, 0) is 29.9 Å². The first-order valence-corrected chi connectivity index (χ1v) is 6.17. The molecule has 0 unspecified atom stereocenters. The predicted molar refractivity (Wildman–Crippen MR) is 71.6 cm³/mol. The Morgan fingerprint density at radius 3 is 2.44 bits per heavy atom. The lowest BCUT2D eigenvalue weighted by atomic mass is 9.69. The molecule has 0 aliphatic heterocycles. The second-order valence-electron chi connectivity index (χ2n) is 5.08. The molecular formula is C15H17NO2. The van der Waals surface area contributed by atoms with E-state index in [1.807, 2.05) is 30.3 Å². The maximum absolute atomic E-state index is 9.51. The monoisotopic (exact) mass is 243 g/mol. The van der Waals surface area contributed by atoms with Crippen LogP contribution in [0.2, 0.25) is 0 Å². The number of fused-ring (bicyclic) bond motifs is 1. The van der Waals surface area contributed by atoms with Gasteiger partial charge in [0.2, 0.25) is 0 Å². The Hall–Kier alpha value is -1.58. The van der Waals surface area contributed by atoms with Gasteiger partial charge in [-0.3, -0.25) is 0 Å². The van der Waals surface area contributed by atoms with E-state index >= 15 is 0 Å². The van der Waals surface area contributed by atoms with Crippen LogP contribution >= 0.6 is 0 Å². The summed E-state index contributed by atoms with van der Waals surface area (Å²) in [7, 11) is 1.67. The van der Waals surface area contributed by atoms with Gasteiger partial charge in [-0.2, -0.15) is 0 Å². The summed E-state index contributed by atoms with van der Waals surface area (Å²) in [5.74, 6) is 0.859. The van der Waals surface area contributed by atoms with Gasteiger partial charge < -0.3 is 15.6 Å². The molecule has 94 valence electrons. The maximum Gasteiger partial charge on any atom is 0.126 e. The normalized spacial score (nSPS) is 26.9. The molecule has 0 atom stereocenters. The van der Waals surface area contributed by atoms with Crippen LogP contribution < -0.4 is 10.5 Å². The van der Waals surface area contributed by atoms with E-state index in [0.717, 1.165) is 22.1 Å². The summed E-state index contributed by atoms with van der Waals surface area (Å²) in [6.07, 6.45) is 0.989. The first kappa shape index (κ1) is 11.5. The average Bonchev–Trinajstić information content (AvgIpc) is 2.35. The first-order chi connectivity index (χ1) is 8.64. The van der Waals surface area contributed by atoms with Crippen molar-refractivity contribution in [1.29, 1.82) is 0 Å². The van der Waals surface area contributed by atoms with Crippen molar-refractivity contribution in [2.45, 2.75) is 24.5 Å². The predicted octanol–water partition coefficient (Wildman–Crippen LogP) is 2.16. The Labute approximate surface area is 106 Å². The fourth-order valence-corrected chi connectivity index (χ4v) is 2.88. The average molecular weight is 243 g/mol. The Morgan fingerprint density at radius 1 is 1.17 bits per heavy atom. The third-order valence-corrected chi connectivity index (χ3v) is 3.84. The molecule has 3 N–H and O–H groups in total. The minimum Gasteiger partial charge on any atom is -0.496 e. The molecule has 3 nitrogen and oxygen atoms in total. The van der Waals surface area contributed by atoms with Gasteiger partial charge in [0.15, 0.2) is 0 Å². The van der Waals surface area contributed by atoms with Crippen molar-refractivity contribution in [3.8, 4) is 5.75 Å². The van der Waals surface area contributed by atoms with Crippen LogP contribution in [0.3, 0.4) is 0 Å². The van der Waals surface area contributed by atoms with E-state index in [2.05, 4.69) is 6.07 Å². The lowest BCUT2D eigenvalue weighted by Gasteiger charge is -2.43. The number of hydrogen-bond acceptors (Lipinski definition) is 3. The number of methoxy groups -OCH3 is 1. The van der Waals surface area contributed by atoms with E-state index in [0.29, 0.717) is 12.8 Å². The standard InChI is InChI=1S/C15H17NO2/c1-18-14-7-6-13(15(16)8-10(17)9-15)11-4-2-3-5-12(11)14/h2-7,10,17H,8-9,16H2,1H3. The lowest BCUT2D eigenvalue weighted by Crippen LogP contribution is -2.51. The van der Waals surface area contributed by atoms with Gasteiger partial charge in [-0.15, -0.1) is 0 Å². The summed E-state index contributed by atoms with van der Waals surface area (Å²) in [6, 6.07) is 12.1. The van der Waals surface area contributed by atoms with E-state index < -0.39 is 5.54 Å². The van der Waals surface area contributed by atoms with Gasteiger partial charge in [0, 0.05) is 10.9 Å². The molecule has 0 aromatic heterocycles. The fraction of sp³-hybridized carbons (Fsp3) is 0.333. The molecule has 0 saturated heterocycles. The number of aliphatic hydroxyl groups excluding tert-OH is 1. The molecule has 1 aliphatic carbocycles. The molecule has 2 aromatic carbocycles. The lowest BCUT2D eigenvalue weighted by molar-refractivity contribution is 0.0216. The summed E-state index contributed by atoms with van der Waals surface area (Å²) in [5.41, 5.74) is 7.07. The molecule has 0 amide bonds. The molecule has 0 heterocycles. The number of rotatable bonds is 2. The third kappa shape index (κ3) is 1.59. The molecule has 0 bridgehead atoms. The van der Waals surface area contributed by atoms with Crippen LogP contribution in [0.5, 0.6) is 5.75 Å². The van der Waals surface area contributed by atoms with Crippen LogP contribution in [0.25, 0.3) is 10.8 Å². The largest absolute Gasteiger partial charge is 0.496 e. The molecule has 1 fully saturated rings. The van der Waals surface area contributed by atoms with Gasteiger partial charge in [0.05, 0.1) is 13.2 Å². The Bertz CT molecular complexity index is 588. The fourth-order valence-electron chi connectivity index (χ4n) is 2.88. The van der Waals surface area contributed by atoms with Crippen LogP contribution in [0.1, 0.15) is 18.4 Å². The van der Waals surface area contributed by atoms with Gasteiger partial charge >= 0.3 is 0 Å². The number of benzene rings is 2. The zero-order chi connectivity index (χ0) is 12.8. The molecular weight excluding hydrogens is 226 g/mol. The Kier molecular flexibility index (Phi) is 2.54. The number of aliphatic hydroxyl groups is 1. The van der Waals surface area contributed by atoms with Gasteiger partial charge in [-0.1, -0.05) is 30.3 Å². The number of hydrogen-bond donors (Lipinski definition) is 2. The van der Waals surface area contributed by atoms with E-state index in [1.165, 1.54) is 0 Å². The summed E-state index contributed by atoms with van der Waals surface area (Å²) >= 11 is 0. The van der Waals surface area contributed by atoms with Crippen molar-refractivity contribution in [1.82, 2.24) is 0 Å². The molecule has 1 saturated carbocycles. The highest BCUT2D eigenvalue weighted by Gasteiger charge is 2.42. The molecule has 0 radical (unpaired) electrons. The van der Waals surface area contributed by atoms with Crippen molar-refractivity contribution in [3.63, 3.8) is 0 Å². The van der Waals surface area contributed by atoms with Crippen LogP contribution in [-0.4, -0.2) is 18.3 Å². The Morgan fingerprint density at radius 2 is 1.83 bits per heavy atom. The van der Waals surface area contributed by atoms with Crippen LogP contribution in [-0.2, 0) is 5.54 Å². The first-order valence-electron chi connectivity index (χ1n) is 6.17. The second-order valence-corrected chi connectivity index (χ2v) is 5.08. The summed E-state index contributed by atoms with van der Waals surface area (Å²) in [4.78, 5) is 0. The zero-order valence-corrected chi connectivity index (χ0v) is 10.4. The van der Waals surface area contributed by atoms with Crippen molar-refractivity contribution in [3.05, 3.63) is 42.0 Å². The van der Waals surface area contributed by atoms with E-state index in [1.54, 1.807) is 7.11 Å². The topological polar surface area (TPSA) is 55.5 Å². The van der Waals surface area contributed by atoms with Crippen molar-refractivity contribution in [2.75, 3.05) is 7.11 Å². The van der Waals surface area contributed by atoms with Gasteiger partial charge in [0.1, 0.15) is 5.75 Å². The molecule has 18 heavy (non-hydrogen) atoms. The third-order valence-electron chi connectivity index (χ3n) is 3.84. The quantitative estimate of drug-likeness (QED) is 0.849. The minimum absolute atomic E-state index is 0.268. The maximum atomic E-state index is 9.51. The Balaban J connectivity index is 2.19. The summed E-state index contributed by atoms with van der Waals surface area (Å²) in [6.45, 7) is 0. The smallest absolute Gasteiger partial charge is 0.126 e. The van der Waals surface area contributed by atoms with E-state index in [-0.39, 0.29) is 6.10 Å². The number of ether oxygens (including phenoxy) is 1. The molecule has 1 aliphatic rings. The highest BCUT2D eigenvalue weighted by Crippen LogP contribution is 2.43. The van der Waals surface area contributed by atoms with Gasteiger partial charge in [-0.25, -0.2) is 0 Å². The minimum atomic E-state index is -0.398. The molecule has 2 aromatic rings. The second kappa shape index (κ2) is 3.97. The van der Waals surface area contributed by atoms with Crippen LogP contribution in [0, 0.1) is 0 Å². The summed E-state index contributed by atoms with van der Waals surface area (Å²) in [5, 5.41) is 11.7. The molecule has 0 spiro atoms. The van der Waals surface area contributed by atoms with Crippen LogP contribution in [0.4, 0.5) is 0 Å². The van der Waals surface area contributed by atoms with Crippen LogP contribution in [0.15, 0.2) is 36.4 Å². The SMILES string of the molecule is COc1ccc(C2(N)CC(O)C2)c2ccccc12. The highest BCUT2D eigenvalue weighted by molar-refractivity contribution is 5.92. The summed E-state index contributed by atoms with van der Waals surface area (Å²) < 4.78 is 5.38. The van der Waals surface area contributed by atoms with Crippen molar-refractivity contribution < 1.29 is 9.84 Å².